The zero-order valence-electron chi connectivity index (χ0n) is 11.4. The van der Waals surface area contributed by atoms with Crippen LogP contribution in [0.3, 0.4) is 0 Å². The van der Waals surface area contributed by atoms with E-state index >= 15 is 0 Å². The van der Waals surface area contributed by atoms with Crippen molar-refractivity contribution in [2.24, 2.45) is 10.9 Å². The molecule has 0 aliphatic carbocycles. The zero-order chi connectivity index (χ0) is 15.4. The molecule has 0 unspecified atom stereocenters. The van der Waals surface area contributed by atoms with Gasteiger partial charge in [-0.3, -0.25) is 15.6 Å². The number of amides is 1. The summed E-state index contributed by atoms with van der Waals surface area (Å²) in [6.07, 6.45) is 1.44. The highest BCUT2D eigenvalue weighted by Gasteiger charge is 2.14. The fraction of sp³-hybridized carbons (Fsp3) is 0. The molecule has 22 heavy (non-hydrogen) atoms. The highest BCUT2D eigenvalue weighted by molar-refractivity contribution is 7.13. The van der Waals surface area contributed by atoms with Crippen LogP contribution in [0, 0.1) is 0 Å². The summed E-state index contributed by atoms with van der Waals surface area (Å²) in [4.78, 5) is 20.9. The molecule has 110 valence electrons. The number of hydrazine groups is 1. The fourth-order valence-electron chi connectivity index (χ4n) is 1.90. The quantitative estimate of drug-likeness (QED) is 0.293. The van der Waals surface area contributed by atoms with Crippen molar-refractivity contribution in [2.75, 3.05) is 5.43 Å². The van der Waals surface area contributed by atoms with Crippen LogP contribution >= 0.6 is 11.3 Å². The minimum absolute atomic E-state index is 0.195. The number of hydrazone groups is 1. The third kappa shape index (κ3) is 2.78. The summed E-state index contributed by atoms with van der Waals surface area (Å²) in [5.41, 5.74) is 5.89. The van der Waals surface area contributed by atoms with Gasteiger partial charge in [-0.15, -0.1) is 11.3 Å². The normalized spacial score (nSPS) is 11.4. The van der Waals surface area contributed by atoms with Gasteiger partial charge in [0.1, 0.15) is 6.33 Å². The second kappa shape index (κ2) is 6.29. The summed E-state index contributed by atoms with van der Waals surface area (Å²) < 4.78 is 0. The Morgan fingerprint density at radius 3 is 2.82 bits per heavy atom. The van der Waals surface area contributed by atoms with E-state index < -0.39 is 5.91 Å². The SMILES string of the molecule is NNC(=O)/C(=N/Nc1ncnc2ccccc12)c1cccs1. The molecule has 0 saturated carbocycles. The maximum absolute atomic E-state index is 11.9. The molecule has 1 amide bonds. The molecule has 0 spiro atoms. The van der Waals surface area contributed by atoms with Crippen LogP contribution < -0.4 is 16.7 Å². The van der Waals surface area contributed by atoms with Gasteiger partial charge in [-0.1, -0.05) is 18.2 Å². The first-order chi connectivity index (χ1) is 10.8. The molecule has 4 N–H and O–H groups in total. The minimum Gasteiger partial charge on any atom is -0.289 e. The van der Waals surface area contributed by atoms with E-state index in [9.17, 15) is 4.79 Å². The smallest absolute Gasteiger partial charge is 0.287 e. The number of hydrogen-bond donors (Lipinski definition) is 3. The number of fused-ring (bicyclic) bond motifs is 1. The average molecular weight is 312 g/mol. The number of hydrogen-bond acceptors (Lipinski definition) is 7. The van der Waals surface area contributed by atoms with Crippen LogP contribution in [0.5, 0.6) is 0 Å². The molecule has 3 aromatic rings. The summed E-state index contributed by atoms with van der Waals surface area (Å²) in [7, 11) is 0. The Kier molecular flexibility index (Phi) is 4.03. The number of nitrogens with two attached hydrogens (primary N) is 1. The van der Waals surface area contributed by atoms with Gasteiger partial charge in [0.15, 0.2) is 11.5 Å². The van der Waals surface area contributed by atoms with E-state index in [0.717, 1.165) is 10.9 Å². The number of nitrogens with one attached hydrogen (secondary N) is 2. The first-order valence-corrected chi connectivity index (χ1v) is 7.26. The predicted octanol–water partition coefficient (Wildman–Crippen LogP) is 1.50. The molecule has 0 aliphatic rings. The topological polar surface area (TPSA) is 105 Å². The van der Waals surface area contributed by atoms with Gasteiger partial charge in [0, 0.05) is 5.39 Å². The molecule has 0 aliphatic heterocycles. The van der Waals surface area contributed by atoms with Crippen LogP contribution in [0.15, 0.2) is 53.2 Å². The number of aromatic nitrogens is 2. The predicted molar refractivity (Wildman–Crippen MR) is 86.3 cm³/mol. The van der Waals surface area contributed by atoms with Gasteiger partial charge >= 0.3 is 0 Å². The van der Waals surface area contributed by atoms with E-state index in [1.807, 2.05) is 35.7 Å². The molecule has 1 aromatic carbocycles. The lowest BCUT2D eigenvalue weighted by molar-refractivity contribution is -0.114. The van der Waals surface area contributed by atoms with Crippen LogP contribution in [0.25, 0.3) is 10.9 Å². The van der Waals surface area contributed by atoms with Crippen LogP contribution in [0.4, 0.5) is 5.82 Å². The Morgan fingerprint density at radius 1 is 1.18 bits per heavy atom. The van der Waals surface area contributed by atoms with Gasteiger partial charge in [0.25, 0.3) is 5.91 Å². The first-order valence-electron chi connectivity index (χ1n) is 6.38. The molecule has 2 heterocycles. The van der Waals surface area contributed by atoms with Crippen molar-refractivity contribution in [3.8, 4) is 0 Å². The van der Waals surface area contributed by atoms with Gasteiger partial charge in [-0.2, -0.15) is 5.10 Å². The van der Waals surface area contributed by atoms with E-state index in [1.165, 1.54) is 17.7 Å². The van der Waals surface area contributed by atoms with Gasteiger partial charge in [-0.05, 0) is 23.6 Å². The van der Waals surface area contributed by atoms with Crippen molar-refractivity contribution < 1.29 is 4.79 Å². The summed E-state index contributed by atoms with van der Waals surface area (Å²) in [6, 6.07) is 11.1. The van der Waals surface area contributed by atoms with Crippen molar-refractivity contribution in [1.82, 2.24) is 15.4 Å². The Morgan fingerprint density at radius 2 is 2.05 bits per heavy atom. The molecule has 0 radical (unpaired) electrons. The number of nitrogens with zero attached hydrogens (tertiary/aromatic N) is 3. The van der Waals surface area contributed by atoms with Gasteiger partial charge in [0.2, 0.25) is 0 Å². The third-order valence-electron chi connectivity index (χ3n) is 2.92. The molecule has 0 fully saturated rings. The number of benzene rings is 1. The highest BCUT2D eigenvalue weighted by Crippen LogP contribution is 2.18. The van der Waals surface area contributed by atoms with Crippen molar-refractivity contribution in [3.63, 3.8) is 0 Å². The molecule has 0 saturated heterocycles. The lowest BCUT2D eigenvalue weighted by atomic mass is 10.2. The molecule has 2 aromatic heterocycles. The number of rotatable bonds is 4. The van der Waals surface area contributed by atoms with Crippen molar-refractivity contribution in [2.45, 2.75) is 0 Å². The third-order valence-corrected chi connectivity index (χ3v) is 3.79. The van der Waals surface area contributed by atoms with E-state index in [0.29, 0.717) is 10.7 Å². The average Bonchev–Trinajstić information content (AvgIpc) is 3.09. The van der Waals surface area contributed by atoms with Crippen molar-refractivity contribution >= 4 is 39.7 Å². The second-order valence-corrected chi connectivity index (χ2v) is 5.21. The lowest BCUT2D eigenvalue weighted by Crippen LogP contribution is -2.36. The van der Waals surface area contributed by atoms with Crippen LogP contribution in [-0.2, 0) is 4.79 Å². The monoisotopic (exact) mass is 312 g/mol. The molecule has 7 nitrogen and oxygen atoms in total. The summed E-state index contributed by atoms with van der Waals surface area (Å²) in [5.74, 6) is 5.25. The number of anilines is 1. The van der Waals surface area contributed by atoms with Gasteiger partial charge in [-0.25, -0.2) is 15.8 Å². The zero-order valence-corrected chi connectivity index (χ0v) is 12.2. The maximum atomic E-state index is 11.9. The molecule has 3 rings (SSSR count). The van der Waals surface area contributed by atoms with E-state index in [2.05, 4.69) is 25.9 Å². The summed E-state index contributed by atoms with van der Waals surface area (Å²) >= 11 is 1.39. The maximum Gasteiger partial charge on any atom is 0.287 e. The molecule has 0 atom stereocenters. The van der Waals surface area contributed by atoms with Crippen molar-refractivity contribution in [3.05, 3.63) is 53.0 Å². The van der Waals surface area contributed by atoms with Crippen LogP contribution in [-0.4, -0.2) is 21.6 Å². The number of thiophene rings is 1. The first kappa shape index (κ1) is 14.1. The van der Waals surface area contributed by atoms with E-state index in [-0.39, 0.29) is 5.71 Å². The Balaban J connectivity index is 1.98. The summed E-state index contributed by atoms with van der Waals surface area (Å²) in [5, 5.41) is 6.82. The second-order valence-electron chi connectivity index (χ2n) is 4.26. The summed E-state index contributed by atoms with van der Waals surface area (Å²) in [6.45, 7) is 0. The molecule has 8 heteroatoms. The van der Waals surface area contributed by atoms with E-state index in [1.54, 1.807) is 6.07 Å². The Labute approximate surface area is 129 Å². The van der Waals surface area contributed by atoms with E-state index in [4.69, 9.17) is 5.84 Å². The Bertz CT molecular complexity index is 825. The number of para-hydroxylation sites is 1. The number of carbonyl (C=O) groups excluding carboxylic acids is 1. The largest absolute Gasteiger partial charge is 0.289 e. The molecular weight excluding hydrogens is 300 g/mol. The highest BCUT2D eigenvalue weighted by atomic mass is 32.1. The van der Waals surface area contributed by atoms with Crippen molar-refractivity contribution in [1.29, 1.82) is 0 Å². The van der Waals surface area contributed by atoms with Crippen LogP contribution in [0.1, 0.15) is 4.88 Å². The standard InChI is InChI=1S/C14H12N6OS/c15-18-14(21)12(11-6-3-7-22-11)19-20-13-9-4-1-2-5-10(9)16-8-17-13/h1-8H,15H2,(H,18,21)(H,16,17,20)/b19-12+. The molecule has 0 bridgehead atoms. The fourth-order valence-corrected chi connectivity index (χ4v) is 2.61. The molecular formula is C14H12N6OS. The number of carbonyl (C=O) groups is 1. The Hall–Kier alpha value is -2.84. The van der Waals surface area contributed by atoms with Crippen LogP contribution in [0.2, 0.25) is 0 Å². The minimum atomic E-state index is -0.478. The van der Waals surface area contributed by atoms with Gasteiger partial charge in [0.05, 0.1) is 10.4 Å². The van der Waals surface area contributed by atoms with Gasteiger partial charge < -0.3 is 0 Å². The lowest BCUT2D eigenvalue weighted by Gasteiger charge is -2.06.